The van der Waals surface area contributed by atoms with Crippen molar-refractivity contribution < 1.29 is 37.0 Å². The monoisotopic (exact) mass is 535 g/mol. The summed E-state index contributed by atoms with van der Waals surface area (Å²) in [6.07, 6.45) is 2.82. The van der Waals surface area contributed by atoms with Crippen LogP contribution in [-0.2, 0) is 25.6 Å². The normalized spacial score (nSPS) is 16.1. The van der Waals surface area contributed by atoms with Crippen LogP contribution < -0.4 is 20.4 Å². The molecule has 0 bridgehead atoms. The van der Waals surface area contributed by atoms with E-state index in [2.05, 4.69) is 30.1 Å². The first-order valence-corrected chi connectivity index (χ1v) is 12.2. The molecule has 1 aliphatic rings. The summed E-state index contributed by atoms with van der Waals surface area (Å²) >= 11 is 0. The number of benzene rings is 1. The second-order valence-electron chi connectivity index (χ2n) is 7.81. The number of phosphoric acid groups is 1. The zero-order chi connectivity index (χ0) is 29.2. The molecule has 1 aliphatic carbocycles. The number of aryl methyl sites for hydroxylation is 1. The van der Waals surface area contributed by atoms with Crippen molar-refractivity contribution in [3.8, 4) is 17.1 Å². The van der Waals surface area contributed by atoms with E-state index >= 15 is 0 Å². The van der Waals surface area contributed by atoms with E-state index in [1.54, 1.807) is 18.4 Å². The Hall–Kier alpha value is -3.91. The number of ether oxygens (including phenoxy) is 1. The van der Waals surface area contributed by atoms with Gasteiger partial charge in [-0.05, 0) is 25.0 Å². The lowest BCUT2D eigenvalue weighted by Crippen LogP contribution is -2.27. The highest BCUT2D eigenvalue weighted by atomic mass is 31.2. The zero-order valence-electron chi connectivity index (χ0n) is 22.9. The van der Waals surface area contributed by atoms with Crippen molar-refractivity contribution >= 4 is 36.8 Å². The van der Waals surface area contributed by atoms with Crippen LogP contribution in [0.5, 0.6) is 5.75 Å². The maximum atomic E-state index is 13.0. The minimum atomic E-state index is -4.86. The van der Waals surface area contributed by atoms with Crippen LogP contribution in [0.3, 0.4) is 0 Å². The molecule has 0 radical (unpaired) electrons. The van der Waals surface area contributed by atoms with Gasteiger partial charge >= 0.3 is 7.82 Å². The van der Waals surface area contributed by atoms with Crippen LogP contribution >= 0.6 is 7.82 Å². The first-order valence-electron chi connectivity index (χ1n) is 12.2. The second kappa shape index (κ2) is 10.6. The molecule has 3 aromatic rings. The summed E-state index contributed by atoms with van der Waals surface area (Å²) in [6, 6.07) is 5.68. The van der Waals surface area contributed by atoms with Crippen LogP contribution in [0.2, 0.25) is 0 Å². The predicted molar refractivity (Wildman–Crippen MR) is 130 cm³/mol. The number of rotatable bonds is 10. The highest BCUT2D eigenvalue weighted by Crippen LogP contribution is 2.50. The van der Waals surface area contributed by atoms with E-state index in [4.69, 9.17) is 13.5 Å². The van der Waals surface area contributed by atoms with E-state index in [9.17, 15) is 19.0 Å². The molecule has 0 aliphatic heterocycles. The molecule has 0 spiro atoms. The third-order valence-electron chi connectivity index (χ3n) is 5.19. The molecule has 1 fully saturated rings. The SMILES string of the molecule is [2H]C([2H])([2H])NC(=O)c1nnc(NC(=O)C2CC2)cc1N(OP(=O)(O)OC)c1cccc(-c2ncn(C)n2)c1OC. The van der Waals surface area contributed by atoms with Crippen LogP contribution in [0.4, 0.5) is 17.2 Å². The van der Waals surface area contributed by atoms with Crippen molar-refractivity contribution in [1.29, 1.82) is 0 Å². The molecule has 2 aromatic heterocycles. The van der Waals surface area contributed by atoms with Gasteiger partial charge in [0.25, 0.3) is 5.91 Å². The average molecular weight is 535 g/mol. The van der Waals surface area contributed by atoms with Crippen molar-refractivity contribution in [2.24, 2.45) is 13.0 Å². The molecular formula is C21H25N8O7P. The van der Waals surface area contributed by atoms with E-state index in [0.29, 0.717) is 23.5 Å². The Kier molecular flexibility index (Phi) is 6.39. The molecule has 0 saturated heterocycles. The highest BCUT2D eigenvalue weighted by molar-refractivity contribution is 7.47. The first kappa shape index (κ1) is 22.3. The van der Waals surface area contributed by atoms with E-state index in [-0.39, 0.29) is 40.6 Å². The van der Waals surface area contributed by atoms with Crippen LogP contribution in [0, 0.1) is 5.92 Å². The van der Waals surface area contributed by atoms with Crippen molar-refractivity contribution in [3.63, 3.8) is 0 Å². The van der Waals surface area contributed by atoms with Gasteiger partial charge in [-0.1, -0.05) is 6.07 Å². The smallest absolute Gasteiger partial charge is 0.493 e. The standard InChI is InChI=1S/C21H25N8O7P/c1-22-21(31)17-15(10-16(25-26-17)24-20(30)12-8-9-12)29(36-37(32,33)35-4)14-7-5-6-13(18(14)34-3)19-23-11-28(2)27-19/h5-7,10-12H,8-9H2,1-4H3,(H,22,31)(H,32,33)(H,24,25,30)/i1D3. The number of para-hydroxylation sites is 1. The lowest BCUT2D eigenvalue weighted by molar-refractivity contribution is -0.117. The number of aromatic nitrogens is 5. The highest BCUT2D eigenvalue weighted by Gasteiger charge is 2.34. The molecule has 1 aromatic carbocycles. The number of anilines is 3. The largest absolute Gasteiger partial charge is 0.494 e. The van der Waals surface area contributed by atoms with Crippen molar-refractivity contribution in [3.05, 3.63) is 36.3 Å². The Bertz CT molecular complexity index is 1480. The molecule has 2 heterocycles. The van der Waals surface area contributed by atoms with Gasteiger partial charge in [0.2, 0.25) is 5.91 Å². The van der Waals surface area contributed by atoms with E-state index in [0.717, 1.165) is 13.2 Å². The Morgan fingerprint density at radius 3 is 2.68 bits per heavy atom. The molecule has 16 heteroatoms. The summed E-state index contributed by atoms with van der Waals surface area (Å²) in [5.41, 5.74) is -0.731. The van der Waals surface area contributed by atoms with Gasteiger partial charge in [0.15, 0.2) is 23.1 Å². The van der Waals surface area contributed by atoms with Crippen molar-refractivity contribution in [2.45, 2.75) is 12.8 Å². The van der Waals surface area contributed by atoms with Gasteiger partial charge in [0, 0.05) is 37.2 Å². The Balaban J connectivity index is 1.93. The van der Waals surface area contributed by atoms with Gasteiger partial charge < -0.3 is 20.3 Å². The number of nitrogens with zero attached hydrogens (tertiary/aromatic N) is 6. The molecule has 15 nitrogen and oxygen atoms in total. The average Bonchev–Trinajstić information content (AvgIpc) is 3.66. The summed E-state index contributed by atoms with van der Waals surface area (Å²) < 4.78 is 51.9. The molecule has 37 heavy (non-hydrogen) atoms. The van der Waals surface area contributed by atoms with Gasteiger partial charge in [-0.15, -0.1) is 10.2 Å². The van der Waals surface area contributed by atoms with Gasteiger partial charge in [-0.3, -0.25) is 18.8 Å². The molecule has 1 atom stereocenters. The third-order valence-corrected chi connectivity index (χ3v) is 6.02. The quantitative estimate of drug-likeness (QED) is 0.253. The molecule has 3 N–H and O–H groups in total. The number of amides is 2. The van der Waals surface area contributed by atoms with Crippen LogP contribution in [-0.4, -0.2) is 62.9 Å². The second-order valence-corrected chi connectivity index (χ2v) is 9.27. The Morgan fingerprint density at radius 2 is 2.05 bits per heavy atom. The molecule has 1 saturated carbocycles. The fourth-order valence-electron chi connectivity index (χ4n) is 3.28. The number of carbonyl (C=O) groups is 2. The number of methoxy groups -OCH3 is 1. The lowest BCUT2D eigenvalue weighted by Gasteiger charge is -2.28. The van der Waals surface area contributed by atoms with Crippen molar-refractivity contribution in [1.82, 2.24) is 30.3 Å². The van der Waals surface area contributed by atoms with E-state index in [1.807, 2.05) is 0 Å². The van der Waals surface area contributed by atoms with Gasteiger partial charge in [-0.2, -0.15) is 9.72 Å². The van der Waals surface area contributed by atoms with Gasteiger partial charge in [0.05, 0.1) is 12.7 Å². The molecule has 196 valence electrons. The van der Waals surface area contributed by atoms with Gasteiger partial charge in [-0.25, -0.2) is 14.6 Å². The molecule has 2 amide bonds. The maximum Gasteiger partial charge on any atom is 0.493 e. The molecular weight excluding hydrogens is 507 g/mol. The first-order chi connectivity index (χ1) is 18.8. The summed E-state index contributed by atoms with van der Waals surface area (Å²) in [4.78, 5) is 39.9. The van der Waals surface area contributed by atoms with E-state index < -0.39 is 26.4 Å². The van der Waals surface area contributed by atoms with E-state index in [1.165, 1.54) is 30.3 Å². The fraction of sp³-hybridized carbons (Fsp3) is 0.333. The summed E-state index contributed by atoms with van der Waals surface area (Å²) in [6.45, 7) is -2.92. The van der Waals surface area contributed by atoms with Crippen LogP contribution in [0.1, 0.15) is 27.4 Å². The number of carbonyl (C=O) groups excluding carboxylic acids is 2. The minimum Gasteiger partial charge on any atom is -0.494 e. The minimum absolute atomic E-state index is 0.0346. The van der Waals surface area contributed by atoms with Crippen LogP contribution in [0.25, 0.3) is 11.4 Å². The topological polar surface area (TPSA) is 183 Å². The number of hydrogen-bond donors (Lipinski definition) is 3. The number of nitrogens with one attached hydrogen (secondary N) is 2. The summed E-state index contributed by atoms with van der Waals surface area (Å²) in [5.74, 6) is -1.67. The Morgan fingerprint density at radius 1 is 1.27 bits per heavy atom. The number of hydrogen-bond acceptors (Lipinski definition) is 11. The number of phosphoric ester groups is 1. The zero-order valence-corrected chi connectivity index (χ0v) is 20.8. The molecule has 1 unspecified atom stereocenters. The van der Waals surface area contributed by atoms with Gasteiger partial charge in [0.1, 0.15) is 17.7 Å². The van der Waals surface area contributed by atoms with Crippen LogP contribution in [0.15, 0.2) is 30.6 Å². The van der Waals surface area contributed by atoms with Crippen molar-refractivity contribution in [2.75, 3.05) is 31.6 Å². The Labute approximate surface area is 215 Å². The summed E-state index contributed by atoms with van der Waals surface area (Å²) in [5, 5.41) is 16.9. The fourth-order valence-corrected chi connectivity index (χ4v) is 3.73. The molecule has 4 rings (SSSR count). The third kappa shape index (κ3) is 5.75. The summed E-state index contributed by atoms with van der Waals surface area (Å²) in [7, 11) is -0.977. The maximum absolute atomic E-state index is 13.0. The lowest BCUT2D eigenvalue weighted by atomic mass is 10.1. The predicted octanol–water partition coefficient (Wildman–Crippen LogP) is 1.81.